The molecule has 0 radical (unpaired) electrons. The van der Waals surface area contributed by atoms with E-state index in [2.05, 4.69) is 9.98 Å². The molecule has 0 unspecified atom stereocenters. The van der Waals surface area contributed by atoms with Crippen molar-refractivity contribution in [3.05, 3.63) is 17.8 Å². The number of nitrogens with one attached hydrogen (secondary N) is 1. The Morgan fingerprint density at radius 2 is 2.40 bits per heavy atom. The van der Waals surface area contributed by atoms with Crippen LogP contribution < -0.4 is 0 Å². The van der Waals surface area contributed by atoms with E-state index < -0.39 is 0 Å². The van der Waals surface area contributed by atoms with Gasteiger partial charge in [0.2, 0.25) is 0 Å². The third-order valence-corrected chi connectivity index (χ3v) is 1.64. The van der Waals surface area contributed by atoms with Gasteiger partial charge in [-0.3, -0.25) is 0 Å². The van der Waals surface area contributed by atoms with Crippen LogP contribution in [0.2, 0.25) is 0 Å². The largest absolute Gasteiger partial charge is 0.462 e. The molecule has 1 heterocycles. The normalized spacial score (nSPS) is 10.6. The van der Waals surface area contributed by atoms with Crippen LogP contribution in [0.1, 0.15) is 17.3 Å². The summed E-state index contributed by atoms with van der Waals surface area (Å²) >= 11 is 0. The van der Waals surface area contributed by atoms with Gasteiger partial charge in [-0.2, -0.15) is 0 Å². The average Bonchev–Trinajstić information content (AvgIpc) is 2.62. The molecular formula is C10H15N3O2. The summed E-state index contributed by atoms with van der Waals surface area (Å²) in [4.78, 5) is 20.2. The van der Waals surface area contributed by atoms with E-state index in [4.69, 9.17) is 4.74 Å². The molecule has 1 aromatic rings. The Bertz CT molecular complexity index is 355. The Morgan fingerprint density at radius 1 is 1.67 bits per heavy atom. The van der Waals surface area contributed by atoms with Gasteiger partial charge in [-0.05, 0) is 13.0 Å². The zero-order valence-electron chi connectivity index (χ0n) is 9.15. The Hall–Kier alpha value is -1.78. The third-order valence-electron chi connectivity index (χ3n) is 1.64. The lowest BCUT2D eigenvalue weighted by molar-refractivity contribution is 0.0527. The van der Waals surface area contributed by atoms with Crippen molar-refractivity contribution in [3.8, 4) is 0 Å². The smallest absolute Gasteiger partial charge is 0.341 e. The Kier molecular flexibility index (Phi) is 3.91. The summed E-state index contributed by atoms with van der Waals surface area (Å²) in [6.45, 7) is 2.13. The Balaban J connectivity index is 2.82. The van der Waals surface area contributed by atoms with Crippen molar-refractivity contribution >= 4 is 18.1 Å². The predicted octanol–water partition coefficient (Wildman–Crippen LogP) is 1.41. The van der Waals surface area contributed by atoms with Gasteiger partial charge in [0.05, 0.1) is 12.9 Å². The van der Waals surface area contributed by atoms with Crippen molar-refractivity contribution in [3.63, 3.8) is 0 Å². The monoisotopic (exact) mass is 209 g/mol. The Labute approximate surface area is 88.8 Å². The summed E-state index contributed by atoms with van der Waals surface area (Å²) in [5.74, 6) is 0.159. The maximum Gasteiger partial charge on any atom is 0.341 e. The molecule has 82 valence electrons. The number of aromatic nitrogens is 1. The number of H-pyrrole nitrogens is 1. The highest BCUT2D eigenvalue weighted by Crippen LogP contribution is 2.16. The molecule has 0 bridgehead atoms. The van der Waals surface area contributed by atoms with Gasteiger partial charge < -0.3 is 14.6 Å². The number of esters is 1. The minimum absolute atomic E-state index is 0.357. The van der Waals surface area contributed by atoms with Gasteiger partial charge in [-0.15, -0.1) is 0 Å². The third kappa shape index (κ3) is 3.12. The van der Waals surface area contributed by atoms with Gasteiger partial charge in [0, 0.05) is 20.3 Å². The fourth-order valence-electron chi connectivity index (χ4n) is 1.01. The van der Waals surface area contributed by atoms with Gasteiger partial charge in [-0.25, -0.2) is 9.79 Å². The molecule has 5 heteroatoms. The zero-order valence-corrected chi connectivity index (χ0v) is 9.15. The summed E-state index contributed by atoms with van der Waals surface area (Å²) in [6.07, 6.45) is 3.28. The molecule has 0 aliphatic rings. The van der Waals surface area contributed by atoms with E-state index in [0.717, 1.165) is 0 Å². The first-order valence-electron chi connectivity index (χ1n) is 4.70. The fraction of sp³-hybridized carbons (Fsp3) is 0.400. The topological polar surface area (TPSA) is 57.7 Å². The van der Waals surface area contributed by atoms with Gasteiger partial charge in [0.1, 0.15) is 11.4 Å². The minimum Gasteiger partial charge on any atom is -0.462 e. The second-order valence-electron chi connectivity index (χ2n) is 3.17. The van der Waals surface area contributed by atoms with Crippen LogP contribution in [0.5, 0.6) is 0 Å². The lowest BCUT2D eigenvalue weighted by Gasteiger charge is -2.03. The number of rotatable bonds is 4. The number of carbonyl (C=O) groups excluding carboxylic acids is 1. The van der Waals surface area contributed by atoms with E-state index in [1.54, 1.807) is 30.4 Å². The van der Waals surface area contributed by atoms with Crippen LogP contribution in [-0.4, -0.2) is 42.9 Å². The van der Waals surface area contributed by atoms with E-state index in [1.807, 2.05) is 14.1 Å². The van der Waals surface area contributed by atoms with Crippen LogP contribution in [0.25, 0.3) is 0 Å². The van der Waals surface area contributed by atoms with Crippen LogP contribution in [0, 0.1) is 0 Å². The van der Waals surface area contributed by atoms with Crippen LogP contribution in [0.15, 0.2) is 17.3 Å². The van der Waals surface area contributed by atoms with Crippen LogP contribution in [-0.2, 0) is 4.74 Å². The molecule has 0 aromatic carbocycles. The van der Waals surface area contributed by atoms with E-state index in [9.17, 15) is 4.79 Å². The molecule has 0 aliphatic carbocycles. The van der Waals surface area contributed by atoms with Gasteiger partial charge >= 0.3 is 5.97 Å². The van der Waals surface area contributed by atoms with Crippen LogP contribution in [0.3, 0.4) is 0 Å². The molecule has 0 saturated heterocycles. The maximum absolute atomic E-state index is 11.4. The van der Waals surface area contributed by atoms with Gasteiger partial charge in [0.25, 0.3) is 0 Å². The second-order valence-corrected chi connectivity index (χ2v) is 3.17. The summed E-state index contributed by atoms with van der Waals surface area (Å²) in [6, 6.07) is 1.65. The van der Waals surface area contributed by atoms with Crippen molar-refractivity contribution in [2.75, 3.05) is 20.7 Å². The number of aliphatic imine (C=N–C) groups is 1. The number of aromatic amines is 1. The van der Waals surface area contributed by atoms with Crippen molar-refractivity contribution in [1.82, 2.24) is 9.88 Å². The highest BCUT2D eigenvalue weighted by molar-refractivity contribution is 5.94. The molecule has 0 saturated carbocycles. The standard InChI is InChI=1S/C10H15N3O2/c1-4-15-10(14)8-5-6-11-9(8)12-7-13(2)3/h5-7,11H,4H2,1-3H3/b12-7+. The molecule has 0 amide bonds. The van der Waals surface area contributed by atoms with E-state index >= 15 is 0 Å². The second kappa shape index (κ2) is 5.19. The van der Waals surface area contributed by atoms with Crippen LogP contribution >= 0.6 is 0 Å². The molecule has 1 N–H and O–H groups in total. The highest BCUT2D eigenvalue weighted by Gasteiger charge is 2.12. The SMILES string of the molecule is CCOC(=O)c1cc[nH]c1/N=C/N(C)C. The molecule has 0 fully saturated rings. The molecule has 0 atom stereocenters. The van der Waals surface area contributed by atoms with Crippen molar-refractivity contribution < 1.29 is 9.53 Å². The lowest BCUT2D eigenvalue weighted by Crippen LogP contribution is -2.08. The van der Waals surface area contributed by atoms with Crippen molar-refractivity contribution in [1.29, 1.82) is 0 Å². The number of hydrogen-bond donors (Lipinski definition) is 1. The predicted molar refractivity (Wildman–Crippen MR) is 58.6 cm³/mol. The molecule has 1 aromatic heterocycles. The average molecular weight is 209 g/mol. The molecular weight excluding hydrogens is 194 g/mol. The summed E-state index contributed by atoms with van der Waals surface area (Å²) in [7, 11) is 3.72. The molecule has 0 spiro atoms. The molecule has 1 rings (SSSR count). The van der Waals surface area contributed by atoms with Gasteiger partial charge in [-0.1, -0.05) is 0 Å². The van der Waals surface area contributed by atoms with E-state index in [0.29, 0.717) is 18.0 Å². The molecule has 5 nitrogen and oxygen atoms in total. The highest BCUT2D eigenvalue weighted by atomic mass is 16.5. The molecule has 0 aliphatic heterocycles. The van der Waals surface area contributed by atoms with Crippen molar-refractivity contribution in [2.45, 2.75) is 6.92 Å². The lowest BCUT2D eigenvalue weighted by atomic mass is 10.3. The summed E-state index contributed by atoms with van der Waals surface area (Å²) < 4.78 is 4.89. The summed E-state index contributed by atoms with van der Waals surface area (Å²) in [5.41, 5.74) is 0.454. The van der Waals surface area contributed by atoms with Crippen LogP contribution in [0.4, 0.5) is 5.82 Å². The summed E-state index contributed by atoms with van der Waals surface area (Å²) in [5, 5.41) is 0. The fourth-order valence-corrected chi connectivity index (χ4v) is 1.01. The zero-order chi connectivity index (χ0) is 11.3. The number of nitrogens with zero attached hydrogens (tertiary/aromatic N) is 2. The number of carbonyl (C=O) groups is 1. The number of hydrogen-bond acceptors (Lipinski definition) is 3. The first-order valence-corrected chi connectivity index (χ1v) is 4.70. The molecule has 15 heavy (non-hydrogen) atoms. The van der Waals surface area contributed by atoms with Gasteiger partial charge in [0.15, 0.2) is 0 Å². The quantitative estimate of drug-likeness (QED) is 0.463. The first kappa shape index (κ1) is 11.3. The van der Waals surface area contributed by atoms with E-state index in [-0.39, 0.29) is 5.97 Å². The maximum atomic E-state index is 11.4. The minimum atomic E-state index is -0.357. The number of ether oxygens (including phenoxy) is 1. The Morgan fingerprint density at radius 3 is 3.00 bits per heavy atom. The first-order chi connectivity index (χ1) is 7.15. The van der Waals surface area contributed by atoms with Crippen molar-refractivity contribution in [2.24, 2.45) is 4.99 Å². The van der Waals surface area contributed by atoms with E-state index in [1.165, 1.54) is 0 Å².